The van der Waals surface area contributed by atoms with E-state index in [1.807, 2.05) is 30.5 Å². The van der Waals surface area contributed by atoms with Gasteiger partial charge in [0, 0.05) is 37.1 Å². The molecule has 1 aliphatic heterocycles. The van der Waals surface area contributed by atoms with E-state index in [1.165, 1.54) is 0 Å². The van der Waals surface area contributed by atoms with Gasteiger partial charge in [-0.25, -0.2) is 4.98 Å². The first-order chi connectivity index (χ1) is 14.6. The van der Waals surface area contributed by atoms with Crippen LogP contribution in [0.5, 0.6) is 5.88 Å². The third-order valence-electron chi connectivity index (χ3n) is 5.75. The summed E-state index contributed by atoms with van der Waals surface area (Å²) >= 11 is 1.57. The molecule has 1 aromatic carbocycles. The summed E-state index contributed by atoms with van der Waals surface area (Å²) in [5.74, 6) is 1.36. The van der Waals surface area contributed by atoms with Gasteiger partial charge in [-0.1, -0.05) is 23.9 Å². The molecular formula is C22H31N5O2S. The van der Waals surface area contributed by atoms with Crippen LogP contribution in [0.1, 0.15) is 31.2 Å². The zero-order chi connectivity index (χ0) is 20.9. The molecule has 2 heterocycles. The molecule has 7 nitrogen and oxygen atoms in total. The topological polar surface area (TPSA) is 87.7 Å². The maximum absolute atomic E-state index is 9.44. The summed E-state index contributed by atoms with van der Waals surface area (Å²) in [7, 11) is 2.14. The van der Waals surface area contributed by atoms with Gasteiger partial charge < -0.3 is 25.4 Å². The summed E-state index contributed by atoms with van der Waals surface area (Å²) in [5, 5.41) is 9.44. The first-order valence-electron chi connectivity index (χ1n) is 10.7. The molecule has 8 heteroatoms. The molecule has 1 aliphatic carbocycles. The molecule has 0 amide bonds. The summed E-state index contributed by atoms with van der Waals surface area (Å²) in [6, 6.07) is 8.07. The van der Waals surface area contributed by atoms with Crippen molar-refractivity contribution in [1.82, 2.24) is 14.9 Å². The van der Waals surface area contributed by atoms with E-state index in [0.29, 0.717) is 5.88 Å². The van der Waals surface area contributed by atoms with E-state index in [4.69, 9.17) is 15.5 Å². The minimum absolute atomic E-state index is 0.0244. The van der Waals surface area contributed by atoms with Crippen molar-refractivity contribution in [1.29, 1.82) is 0 Å². The van der Waals surface area contributed by atoms with Gasteiger partial charge in [-0.3, -0.25) is 0 Å². The standard InChI is InChI=1S/C22H31N5O2S/c1-26-8-10-27(11-9-26)22-24-14-20(30-19-7-2-4-16(12-19)15-28)21(25-22)29-18-6-3-5-17(23)13-18/h2,4,7,12,14,17-18,28H,3,5-6,8-11,13,15,23H2,1H3. The van der Waals surface area contributed by atoms with Crippen LogP contribution in [0.2, 0.25) is 0 Å². The second-order valence-corrected chi connectivity index (χ2v) is 9.32. The summed E-state index contributed by atoms with van der Waals surface area (Å²) in [4.78, 5) is 16.0. The van der Waals surface area contributed by atoms with E-state index in [9.17, 15) is 5.11 Å². The third kappa shape index (κ3) is 5.43. The highest BCUT2D eigenvalue weighted by atomic mass is 32.2. The van der Waals surface area contributed by atoms with Crippen molar-refractivity contribution >= 4 is 17.7 Å². The Kier molecular flexibility index (Phi) is 7.09. The van der Waals surface area contributed by atoms with Crippen molar-refractivity contribution in [3.05, 3.63) is 36.0 Å². The van der Waals surface area contributed by atoms with Crippen LogP contribution < -0.4 is 15.4 Å². The lowest BCUT2D eigenvalue weighted by Crippen LogP contribution is -2.45. The highest BCUT2D eigenvalue weighted by Gasteiger charge is 2.24. The van der Waals surface area contributed by atoms with Crippen LogP contribution in [0.4, 0.5) is 5.95 Å². The zero-order valence-corrected chi connectivity index (χ0v) is 18.4. The van der Waals surface area contributed by atoms with E-state index < -0.39 is 0 Å². The number of benzene rings is 1. The second-order valence-electron chi connectivity index (χ2n) is 8.20. The molecule has 1 saturated carbocycles. The average Bonchev–Trinajstić information content (AvgIpc) is 2.76. The monoisotopic (exact) mass is 429 g/mol. The van der Waals surface area contributed by atoms with Crippen LogP contribution in [-0.2, 0) is 6.61 Å². The molecule has 162 valence electrons. The first-order valence-corrected chi connectivity index (χ1v) is 11.5. The summed E-state index contributed by atoms with van der Waals surface area (Å²) in [6.07, 6.45) is 5.97. The quantitative estimate of drug-likeness (QED) is 0.724. The minimum atomic E-state index is 0.0244. The lowest BCUT2D eigenvalue weighted by Gasteiger charge is -2.33. The first kappa shape index (κ1) is 21.4. The zero-order valence-electron chi connectivity index (χ0n) is 17.5. The van der Waals surface area contributed by atoms with Crippen LogP contribution in [0, 0.1) is 0 Å². The molecule has 2 aromatic rings. The lowest BCUT2D eigenvalue weighted by molar-refractivity contribution is 0.134. The smallest absolute Gasteiger partial charge is 0.232 e. The second kappa shape index (κ2) is 9.96. The van der Waals surface area contributed by atoms with Crippen LogP contribution in [0.25, 0.3) is 0 Å². The predicted molar refractivity (Wildman–Crippen MR) is 119 cm³/mol. The fourth-order valence-corrected chi connectivity index (χ4v) is 4.84. The maximum atomic E-state index is 9.44. The van der Waals surface area contributed by atoms with E-state index in [0.717, 1.165) is 73.2 Å². The van der Waals surface area contributed by atoms with Crippen molar-refractivity contribution in [3.63, 3.8) is 0 Å². The maximum Gasteiger partial charge on any atom is 0.232 e. The van der Waals surface area contributed by atoms with Crippen LogP contribution >= 0.6 is 11.8 Å². The number of aliphatic hydroxyl groups is 1. The van der Waals surface area contributed by atoms with Gasteiger partial charge in [-0.15, -0.1) is 0 Å². The molecule has 2 unspecified atom stereocenters. The number of piperazine rings is 1. The average molecular weight is 430 g/mol. The fourth-order valence-electron chi connectivity index (χ4n) is 3.94. The Bertz CT molecular complexity index is 844. The normalized spacial score (nSPS) is 22.8. The van der Waals surface area contributed by atoms with Gasteiger partial charge >= 0.3 is 0 Å². The minimum Gasteiger partial charge on any atom is -0.473 e. The fraction of sp³-hybridized carbons (Fsp3) is 0.545. The van der Waals surface area contributed by atoms with Gasteiger partial charge in [-0.2, -0.15) is 4.98 Å². The highest BCUT2D eigenvalue weighted by Crippen LogP contribution is 2.36. The van der Waals surface area contributed by atoms with Crippen molar-refractivity contribution in [2.75, 3.05) is 38.1 Å². The number of aromatic nitrogens is 2. The number of ether oxygens (including phenoxy) is 1. The number of likely N-dealkylation sites (N-methyl/N-ethyl adjacent to an activating group) is 1. The Hall–Kier alpha value is -1.87. The molecule has 2 fully saturated rings. The Balaban J connectivity index is 1.58. The molecule has 0 spiro atoms. The van der Waals surface area contributed by atoms with Gasteiger partial charge in [-0.05, 0) is 50.4 Å². The van der Waals surface area contributed by atoms with Crippen molar-refractivity contribution < 1.29 is 9.84 Å². The predicted octanol–water partition coefficient (Wildman–Crippen LogP) is 2.52. The van der Waals surface area contributed by atoms with Gasteiger partial charge in [0.15, 0.2) is 0 Å². The van der Waals surface area contributed by atoms with Gasteiger partial charge in [0.1, 0.15) is 6.10 Å². The van der Waals surface area contributed by atoms with Crippen LogP contribution in [0.3, 0.4) is 0 Å². The number of hydrogen-bond donors (Lipinski definition) is 2. The summed E-state index contributed by atoms with van der Waals surface area (Å²) < 4.78 is 6.40. The Morgan fingerprint density at radius 3 is 2.83 bits per heavy atom. The third-order valence-corrected chi connectivity index (χ3v) is 6.74. The molecule has 2 aliphatic rings. The number of anilines is 1. The molecule has 0 radical (unpaired) electrons. The number of hydrogen-bond acceptors (Lipinski definition) is 8. The molecule has 3 N–H and O–H groups in total. The summed E-state index contributed by atoms with van der Waals surface area (Å²) in [5.41, 5.74) is 7.06. The number of rotatable bonds is 6. The van der Waals surface area contributed by atoms with E-state index in [-0.39, 0.29) is 18.8 Å². The molecule has 2 atom stereocenters. The molecule has 4 rings (SSSR count). The van der Waals surface area contributed by atoms with E-state index >= 15 is 0 Å². The van der Waals surface area contributed by atoms with Crippen molar-refractivity contribution in [2.45, 2.75) is 54.2 Å². The summed E-state index contributed by atoms with van der Waals surface area (Å²) in [6.45, 7) is 3.85. The van der Waals surface area contributed by atoms with E-state index in [2.05, 4.69) is 21.8 Å². The van der Waals surface area contributed by atoms with Crippen LogP contribution in [0.15, 0.2) is 40.3 Å². The number of nitrogens with zero attached hydrogens (tertiary/aromatic N) is 4. The van der Waals surface area contributed by atoms with Gasteiger partial charge in [0.2, 0.25) is 11.8 Å². The van der Waals surface area contributed by atoms with E-state index in [1.54, 1.807) is 11.8 Å². The molecule has 0 bridgehead atoms. The molecule has 30 heavy (non-hydrogen) atoms. The van der Waals surface area contributed by atoms with Crippen molar-refractivity contribution in [3.8, 4) is 5.88 Å². The lowest BCUT2D eigenvalue weighted by atomic mass is 9.94. The molecule has 1 saturated heterocycles. The van der Waals surface area contributed by atoms with Crippen LogP contribution in [-0.4, -0.2) is 65.3 Å². The Morgan fingerprint density at radius 1 is 1.23 bits per heavy atom. The largest absolute Gasteiger partial charge is 0.473 e. The number of nitrogens with two attached hydrogens (primary N) is 1. The van der Waals surface area contributed by atoms with Crippen molar-refractivity contribution in [2.24, 2.45) is 5.73 Å². The Labute approximate surface area is 182 Å². The molecular weight excluding hydrogens is 398 g/mol. The number of aliphatic hydroxyl groups excluding tert-OH is 1. The van der Waals surface area contributed by atoms with Gasteiger partial charge in [0.25, 0.3) is 0 Å². The highest BCUT2D eigenvalue weighted by molar-refractivity contribution is 7.99. The molecule has 1 aromatic heterocycles. The Morgan fingerprint density at radius 2 is 2.07 bits per heavy atom. The SMILES string of the molecule is CN1CCN(c2ncc(Sc3cccc(CO)c3)c(OC3CCCC(N)C3)n2)CC1. The van der Waals surface area contributed by atoms with Gasteiger partial charge in [0.05, 0.1) is 17.7 Å².